The maximum absolute atomic E-state index is 12.8. The topological polar surface area (TPSA) is 99.1 Å². The molecule has 2 atom stereocenters. The van der Waals surface area contributed by atoms with E-state index in [1.54, 1.807) is 0 Å². The van der Waals surface area contributed by atoms with Crippen LogP contribution in [0.3, 0.4) is 0 Å². The lowest BCUT2D eigenvalue weighted by molar-refractivity contribution is -0.887. The molecule has 0 rings (SSSR count). The van der Waals surface area contributed by atoms with Crippen LogP contribution in [-0.4, -0.2) is 80.6 Å². The van der Waals surface area contributed by atoms with Gasteiger partial charge in [0.25, 0.3) is 0 Å². The van der Waals surface area contributed by atoms with Crippen molar-refractivity contribution in [3.05, 3.63) is 12.2 Å². The summed E-state index contributed by atoms with van der Waals surface area (Å²) in [5, 5.41) is 9.65. The average Bonchev–Trinajstić information content (AvgIpc) is 3.21. The number of hydrogen-bond acceptors (Lipinski definition) is 6. The molecule has 0 aromatic heterocycles. The van der Waals surface area contributed by atoms with Crippen LogP contribution in [0.2, 0.25) is 0 Å². The highest BCUT2D eigenvalue weighted by Crippen LogP contribution is 2.16. The first-order chi connectivity index (χ1) is 29.1. The van der Waals surface area contributed by atoms with Crippen LogP contribution in [0.25, 0.3) is 0 Å². The first kappa shape index (κ1) is 58.1. The standard InChI is InChI=1S/C52H99NO7/c1-6-8-10-12-14-16-18-20-22-24-25-27-29-31-33-35-37-39-41-43-51(55)60-48(46-58-45-44-49(52(56)57)53(3,4)5)47-59-50(54)42-40-38-36-34-32-30-28-26-23-21-19-17-15-13-11-9-7-2/h20,22,48-49H,6-19,21,23-47H2,1-5H3/p+1/b22-20-. The van der Waals surface area contributed by atoms with E-state index >= 15 is 0 Å². The van der Waals surface area contributed by atoms with Crippen LogP contribution in [0.1, 0.15) is 251 Å². The van der Waals surface area contributed by atoms with Gasteiger partial charge in [-0.2, -0.15) is 0 Å². The van der Waals surface area contributed by atoms with Gasteiger partial charge in [0, 0.05) is 19.3 Å². The van der Waals surface area contributed by atoms with E-state index in [9.17, 15) is 19.5 Å². The molecule has 0 fully saturated rings. The van der Waals surface area contributed by atoms with Gasteiger partial charge in [-0.3, -0.25) is 9.59 Å². The first-order valence-corrected chi connectivity index (χ1v) is 25.7. The van der Waals surface area contributed by atoms with Gasteiger partial charge in [0.2, 0.25) is 0 Å². The number of carbonyl (C=O) groups excluding carboxylic acids is 2. The molecule has 0 aliphatic heterocycles. The SMILES string of the molecule is CCCCCCCC/C=C\CCCCCCCCCCCC(=O)OC(COCCC(C(=O)O)[N+](C)(C)C)COC(=O)CCCCCCCCCCCCCCCCCCC. The van der Waals surface area contributed by atoms with Gasteiger partial charge in [-0.15, -0.1) is 0 Å². The number of aliphatic carboxylic acids is 1. The molecule has 0 saturated carbocycles. The van der Waals surface area contributed by atoms with Crippen LogP contribution in [0.5, 0.6) is 0 Å². The third kappa shape index (κ3) is 41.4. The lowest BCUT2D eigenvalue weighted by Crippen LogP contribution is -2.50. The number of rotatable bonds is 47. The number of likely N-dealkylation sites (N-methyl/N-ethyl adjacent to an activating group) is 1. The fourth-order valence-electron chi connectivity index (χ4n) is 7.91. The predicted octanol–water partition coefficient (Wildman–Crippen LogP) is 14.6. The van der Waals surface area contributed by atoms with E-state index < -0.39 is 18.1 Å². The summed E-state index contributed by atoms with van der Waals surface area (Å²) in [6.45, 7) is 4.78. The van der Waals surface area contributed by atoms with Crippen LogP contribution in [0.15, 0.2) is 12.2 Å². The fraction of sp³-hybridized carbons (Fsp3) is 0.904. The van der Waals surface area contributed by atoms with Crippen molar-refractivity contribution in [3.8, 4) is 0 Å². The highest BCUT2D eigenvalue weighted by Gasteiger charge is 2.31. The minimum atomic E-state index is -0.871. The molecule has 354 valence electrons. The highest BCUT2D eigenvalue weighted by molar-refractivity contribution is 5.72. The van der Waals surface area contributed by atoms with Crippen molar-refractivity contribution in [2.75, 3.05) is 41.0 Å². The Labute approximate surface area is 371 Å². The maximum Gasteiger partial charge on any atom is 0.362 e. The van der Waals surface area contributed by atoms with Crippen LogP contribution >= 0.6 is 0 Å². The molecule has 0 spiro atoms. The van der Waals surface area contributed by atoms with Gasteiger partial charge < -0.3 is 23.8 Å². The third-order valence-electron chi connectivity index (χ3n) is 11.9. The average molecular weight is 851 g/mol. The van der Waals surface area contributed by atoms with Crippen molar-refractivity contribution in [3.63, 3.8) is 0 Å². The second kappa shape index (κ2) is 43.7. The normalized spacial score (nSPS) is 12.9. The molecule has 0 saturated heterocycles. The molecule has 1 N–H and O–H groups in total. The molecular weight excluding hydrogens is 751 g/mol. The fourth-order valence-corrected chi connectivity index (χ4v) is 7.91. The van der Waals surface area contributed by atoms with Gasteiger partial charge >= 0.3 is 17.9 Å². The third-order valence-corrected chi connectivity index (χ3v) is 11.9. The second-order valence-electron chi connectivity index (χ2n) is 18.8. The number of allylic oxidation sites excluding steroid dienone is 2. The Bertz CT molecular complexity index is 993. The Morgan fingerprint density at radius 1 is 0.483 bits per heavy atom. The van der Waals surface area contributed by atoms with Gasteiger partial charge in [-0.25, -0.2) is 4.79 Å². The summed E-state index contributed by atoms with van der Waals surface area (Å²) in [5.41, 5.74) is 0. The molecule has 0 aliphatic rings. The smallest absolute Gasteiger partial charge is 0.362 e. The molecule has 0 aliphatic carbocycles. The summed E-state index contributed by atoms with van der Waals surface area (Å²) in [5.74, 6) is -1.45. The van der Waals surface area contributed by atoms with E-state index in [1.165, 1.54) is 180 Å². The summed E-state index contributed by atoms with van der Waals surface area (Å²) in [7, 11) is 5.55. The van der Waals surface area contributed by atoms with E-state index in [2.05, 4.69) is 26.0 Å². The summed E-state index contributed by atoms with van der Waals surface area (Å²) in [6, 6.07) is -0.611. The number of nitrogens with zero attached hydrogens (tertiary/aromatic N) is 1. The number of carboxylic acid groups (broad SMARTS) is 1. The van der Waals surface area contributed by atoms with Gasteiger partial charge in [0.1, 0.15) is 6.61 Å². The molecule has 8 nitrogen and oxygen atoms in total. The van der Waals surface area contributed by atoms with E-state index in [0.29, 0.717) is 19.3 Å². The summed E-state index contributed by atoms with van der Waals surface area (Å²) < 4.78 is 17.4. The van der Waals surface area contributed by atoms with Crippen LogP contribution < -0.4 is 0 Å². The zero-order chi connectivity index (χ0) is 44.2. The number of hydrogen-bond donors (Lipinski definition) is 1. The molecule has 60 heavy (non-hydrogen) atoms. The molecule has 0 amide bonds. The van der Waals surface area contributed by atoms with Crippen LogP contribution in [0, 0.1) is 0 Å². The molecule has 0 aromatic rings. The van der Waals surface area contributed by atoms with E-state index in [4.69, 9.17) is 14.2 Å². The number of esters is 2. The largest absolute Gasteiger partial charge is 0.477 e. The Kier molecular flexibility index (Phi) is 42.3. The van der Waals surface area contributed by atoms with Crippen molar-refractivity contribution in [1.29, 1.82) is 0 Å². The Balaban J connectivity index is 4.21. The minimum Gasteiger partial charge on any atom is -0.477 e. The quantitative estimate of drug-likeness (QED) is 0.0282. The molecule has 0 bridgehead atoms. The van der Waals surface area contributed by atoms with Crippen molar-refractivity contribution in [2.24, 2.45) is 0 Å². The van der Waals surface area contributed by atoms with Crippen molar-refractivity contribution in [1.82, 2.24) is 0 Å². The zero-order valence-electron chi connectivity index (χ0n) is 40.4. The van der Waals surface area contributed by atoms with Crippen molar-refractivity contribution >= 4 is 17.9 Å². The second-order valence-corrected chi connectivity index (χ2v) is 18.8. The summed E-state index contributed by atoms with van der Waals surface area (Å²) in [4.78, 5) is 37.1. The Morgan fingerprint density at radius 2 is 0.833 bits per heavy atom. The summed E-state index contributed by atoms with van der Waals surface area (Å²) >= 11 is 0. The molecular formula is C52H100NO7+. The molecule has 2 unspecified atom stereocenters. The molecule has 0 radical (unpaired) electrons. The Hall–Kier alpha value is -1.93. The molecule has 0 heterocycles. The van der Waals surface area contributed by atoms with Crippen molar-refractivity contribution < 1.29 is 38.2 Å². The van der Waals surface area contributed by atoms with Gasteiger partial charge in [-0.05, 0) is 38.5 Å². The van der Waals surface area contributed by atoms with Crippen LogP contribution in [0.4, 0.5) is 0 Å². The number of unbranched alkanes of at least 4 members (excludes halogenated alkanes) is 31. The maximum atomic E-state index is 12.8. The minimum absolute atomic E-state index is 0.0449. The number of carboxylic acids is 1. The molecule has 8 heteroatoms. The predicted molar refractivity (Wildman–Crippen MR) is 252 cm³/mol. The van der Waals surface area contributed by atoms with E-state index in [1.807, 2.05) is 21.1 Å². The van der Waals surface area contributed by atoms with E-state index in [0.717, 1.165) is 38.5 Å². The van der Waals surface area contributed by atoms with Gasteiger partial charge in [0.05, 0.1) is 34.4 Å². The molecule has 0 aromatic carbocycles. The number of quaternary nitrogens is 1. The highest BCUT2D eigenvalue weighted by atomic mass is 16.6. The Morgan fingerprint density at radius 3 is 1.20 bits per heavy atom. The number of ether oxygens (including phenoxy) is 3. The van der Waals surface area contributed by atoms with Gasteiger partial charge in [-0.1, -0.05) is 206 Å². The lowest BCUT2D eigenvalue weighted by atomic mass is 10.0. The van der Waals surface area contributed by atoms with Gasteiger partial charge in [0.15, 0.2) is 12.1 Å². The zero-order valence-corrected chi connectivity index (χ0v) is 40.4. The van der Waals surface area contributed by atoms with Crippen LogP contribution in [-0.2, 0) is 28.6 Å². The van der Waals surface area contributed by atoms with Crippen molar-refractivity contribution in [2.45, 2.75) is 264 Å². The van der Waals surface area contributed by atoms with E-state index in [-0.39, 0.29) is 36.2 Å². The lowest BCUT2D eigenvalue weighted by Gasteiger charge is -2.31. The number of carbonyl (C=O) groups is 3. The first-order valence-electron chi connectivity index (χ1n) is 25.7. The summed E-state index contributed by atoms with van der Waals surface area (Å²) in [6.07, 6.45) is 48.2. The monoisotopic (exact) mass is 851 g/mol.